The van der Waals surface area contributed by atoms with Gasteiger partial charge in [-0.3, -0.25) is 0 Å². The van der Waals surface area contributed by atoms with Crippen molar-refractivity contribution in [2.45, 2.75) is 12.2 Å². The van der Waals surface area contributed by atoms with E-state index >= 15 is 0 Å². The van der Waals surface area contributed by atoms with Crippen LogP contribution in [0.2, 0.25) is 0 Å². The highest BCUT2D eigenvalue weighted by molar-refractivity contribution is 5.31. The zero-order chi connectivity index (χ0) is 19.4. The van der Waals surface area contributed by atoms with Gasteiger partial charge in [-0.25, -0.2) is 0 Å². The van der Waals surface area contributed by atoms with Gasteiger partial charge in [0, 0.05) is 26.2 Å². The number of aliphatic hydroxyl groups excluding tert-OH is 4. The fourth-order valence-corrected chi connectivity index (χ4v) is 2.37. The van der Waals surface area contributed by atoms with Crippen molar-refractivity contribution in [1.29, 1.82) is 0 Å². The van der Waals surface area contributed by atoms with E-state index in [1.165, 1.54) is 0 Å². The Morgan fingerprint density at radius 2 is 1.12 bits per heavy atom. The quantitative estimate of drug-likeness (QED) is 0.330. The number of ether oxygens (including phenoxy) is 2. The van der Waals surface area contributed by atoms with Crippen molar-refractivity contribution in [3.63, 3.8) is 0 Å². The predicted octanol–water partition coefficient (Wildman–Crippen LogP) is -0.986. The average Bonchev–Trinajstić information content (AvgIpc) is 2.59. The minimum absolute atomic E-state index is 0.0535. The second kappa shape index (κ2) is 12.9. The third-order valence-corrected chi connectivity index (χ3v) is 3.72. The summed E-state index contributed by atoms with van der Waals surface area (Å²) in [5.41, 5.74) is 0. The Bertz CT molecular complexity index is 430. The lowest BCUT2D eigenvalue weighted by molar-refractivity contribution is 0.0696. The molecular formula is C18H32N2O6. The molecule has 0 fully saturated rings. The van der Waals surface area contributed by atoms with E-state index in [0.717, 1.165) is 0 Å². The molecule has 0 radical (unpaired) electrons. The van der Waals surface area contributed by atoms with Crippen LogP contribution in [0, 0.1) is 0 Å². The summed E-state index contributed by atoms with van der Waals surface area (Å²) < 4.78 is 11.1. The Balaban J connectivity index is 2.30. The highest BCUT2D eigenvalue weighted by atomic mass is 16.5. The molecule has 2 unspecified atom stereocenters. The minimum Gasteiger partial charge on any atom is -0.491 e. The van der Waals surface area contributed by atoms with Crippen molar-refractivity contribution >= 4 is 0 Å². The molecule has 1 aromatic rings. The number of benzene rings is 1. The molecule has 2 atom stereocenters. The first-order chi connectivity index (χ1) is 12.4. The zero-order valence-electron chi connectivity index (χ0n) is 15.6. The van der Waals surface area contributed by atoms with Gasteiger partial charge in [-0.1, -0.05) is 0 Å². The second-order valence-corrected chi connectivity index (χ2v) is 6.37. The molecule has 0 aromatic heterocycles. The molecule has 0 saturated heterocycles. The molecule has 0 bridgehead atoms. The van der Waals surface area contributed by atoms with E-state index in [1.54, 1.807) is 24.3 Å². The minimum atomic E-state index is -0.645. The molecule has 0 saturated carbocycles. The number of rotatable bonds is 14. The topological polar surface area (TPSA) is 106 Å². The summed E-state index contributed by atoms with van der Waals surface area (Å²) in [6, 6.07) is 6.96. The van der Waals surface area contributed by atoms with Crippen LogP contribution in [-0.4, -0.2) is 109 Å². The largest absolute Gasteiger partial charge is 0.491 e. The van der Waals surface area contributed by atoms with Crippen LogP contribution in [0.4, 0.5) is 0 Å². The first-order valence-electron chi connectivity index (χ1n) is 8.75. The van der Waals surface area contributed by atoms with Crippen molar-refractivity contribution in [2.24, 2.45) is 0 Å². The maximum Gasteiger partial charge on any atom is 0.119 e. The van der Waals surface area contributed by atoms with Gasteiger partial charge >= 0.3 is 0 Å². The number of nitrogens with zero attached hydrogens (tertiary/aromatic N) is 2. The number of likely N-dealkylation sites (N-methyl/N-ethyl adjacent to an activating group) is 2. The number of hydrogen-bond acceptors (Lipinski definition) is 8. The van der Waals surface area contributed by atoms with Gasteiger partial charge in [0.15, 0.2) is 0 Å². The SMILES string of the molecule is CN(CCO)CC(O)COc1ccc(OCC(O)CN(C)CCO)cc1. The van der Waals surface area contributed by atoms with E-state index in [0.29, 0.717) is 37.7 Å². The van der Waals surface area contributed by atoms with Crippen molar-refractivity contribution in [3.05, 3.63) is 24.3 Å². The maximum atomic E-state index is 9.90. The zero-order valence-corrected chi connectivity index (χ0v) is 15.6. The summed E-state index contributed by atoms with van der Waals surface area (Å²) in [5, 5.41) is 37.5. The van der Waals surface area contributed by atoms with Crippen LogP contribution in [-0.2, 0) is 0 Å². The smallest absolute Gasteiger partial charge is 0.119 e. The van der Waals surface area contributed by atoms with E-state index in [2.05, 4.69) is 0 Å². The lowest BCUT2D eigenvalue weighted by atomic mass is 10.3. The third-order valence-electron chi connectivity index (χ3n) is 3.72. The number of aliphatic hydroxyl groups is 4. The van der Waals surface area contributed by atoms with Crippen LogP contribution >= 0.6 is 0 Å². The molecule has 8 nitrogen and oxygen atoms in total. The Morgan fingerprint density at radius 1 is 0.769 bits per heavy atom. The van der Waals surface area contributed by atoms with Crippen LogP contribution < -0.4 is 9.47 Å². The standard InChI is InChI=1S/C18H32N2O6/c1-19(7-9-21)11-15(23)13-25-17-3-5-18(6-4-17)26-14-16(24)12-20(2)8-10-22/h3-6,15-16,21-24H,7-14H2,1-2H3. The Kier molecular flexibility index (Phi) is 11.2. The molecule has 0 aliphatic heterocycles. The maximum absolute atomic E-state index is 9.90. The molecule has 1 aromatic carbocycles. The van der Waals surface area contributed by atoms with Gasteiger partial charge in [-0.05, 0) is 38.4 Å². The average molecular weight is 372 g/mol. The lowest BCUT2D eigenvalue weighted by Gasteiger charge is -2.20. The summed E-state index contributed by atoms with van der Waals surface area (Å²) in [4.78, 5) is 3.66. The van der Waals surface area contributed by atoms with Gasteiger partial charge in [-0.2, -0.15) is 0 Å². The van der Waals surface area contributed by atoms with Gasteiger partial charge in [0.05, 0.1) is 13.2 Å². The molecule has 1 rings (SSSR count). The lowest BCUT2D eigenvalue weighted by Crippen LogP contribution is -2.34. The van der Waals surface area contributed by atoms with Crippen molar-refractivity contribution in [2.75, 3.05) is 66.7 Å². The van der Waals surface area contributed by atoms with Gasteiger partial charge in [0.1, 0.15) is 36.9 Å². The van der Waals surface area contributed by atoms with Crippen molar-refractivity contribution in [1.82, 2.24) is 9.80 Å². The first kappa shape index (κ1) is 22.6. The van der Waals surface area contributed by atoms with Gasteiger partial charge in [-0.15, -0.1) is 0 Å². The molecular weight excluding hydrogens is 340 g/mol. The molecule has 150 valence electrons. The number of hydrogen-bond donors (Lipinski definition) is 4. The van der Waals surface area contributed by atoms with E-state index in [4.69, 9.17) is 19.7 Å². The van der Waals surface area contributed by atoms with Crippen molar-refractivity contribution < 1.29 is 29.9 Å². The fourth-order valence-electron chi connectivity index (χ4n) is 2.37. The van der Waals surface area contributed by atoms with E-state index in [1.807, 2.05) is 23.9 Å². The summed E-state index contributed by atoms with van der Waals surface area (Å²) in [5.74, 6) is 1.23. The molecule has 0 spiro atoms. The first-order valence-corrected chi connectivity index (χ1v) is 8.75. The Morgan fingerprint density at radius 3 is 1.42 bits per heavy atom. The molecule has 0 aliphatic rings. The normalized spacial score (nSPS) is 13.8. The Labute approximate surface area is 155 Å². The second-order valence-electron chi connectivity index (χ2n) is 6.37. The highest BCUT2D eigenvalue weighted by Crippen LogP contribution is 2.18. The Hall–Kier alpha value is -1.42. The van der Waals surface area contributed by atoms with Crippen LogP contribution in [0.1, 0.15) is 0 Å². The highest BCUT2D eigenvalue weighted by Gasteiger charge is 2.10. The van der Waals surface area contributed by atoms with Gasteiger partial charge in [0.25, 0.3) is 0 Å². The predicted molar refractivity (Wildman–Crippen MR) is 98.6 cm³/mol. The molecule has 0 heterocycles. The molecule has 4 N–H and O–H groups in total. The van der Waals surface area contributed by atoms with Crippen LogP contribution in [0.25, 0.3) is 0 Å². The van der Waals surface area contributed by atoms with Gasteiger partial charge in [0.2, 0.25) is 0 Å². The molecule has 0 aliphatic carbocycles. The molecule has 8 heteroatoms. The molecule has 26 heavy (non-hydrogen) atoms. The summed E-state index contributed by atoms with van der Waals surface area (Å²) in [6.07, 6.45) is -1.29. The van der Waals surface area contributed by atoms with Crippen LogP contribution in [0.5, 0.6) is 11.5 Å². The molecule has 0 amide bonds. The summed E-state index contributed by atoms with van der Waals surface area (Å²) in [6.45, 7) is 2.28. The van der Waals surface area contributed by atoms with Crippen LogP contribution in [0.15, 0.2) is 24.3 Å². The van der Waals surface area contributed by atoms with Gasteiger partial charge < -0.3 is 39.7 Å². The van der Waals surface area contributed by atoms with E-state index in [9.17, 15) is 10.2 Å². The summed E-state index contributed by atoms with van der Waals surface area (Å²) >= 11 is 0. The van der Waals surface area contributed by atoms with Crippen LogP contribution in [0.3, 0.4) is 0 Å². The monoisotopic (exact) mass is 372 g/mol. The van der Waals surface area contributed by atoms with E-state index in [-0.39, 0.29) is 26.4 Å². The van der Waals surface area contributed by atoms with Crippen molar-refractivity contribution in [3.8, 4) is 11.5 Å². The van der Waals surface area contributed by atoms with E-state index < -0.39 is 12.2 Å². The third kappa shape index (κ3) is 9.91. The fraction of sp³-hybridized carbons (Fsp3) is 0.667. The summed E-state index contributed by atoms with van der Waals surface area (Å²) in [7, 11) is 3.64.